The van der Waals surface area contributed by atoms with Crippen LogP contribution in [0.1, 0.15) is 43.0 Å². The first-order chi connectivity index (χ1) is 16.1. The smallest absolute Gasteiger partial charge is 0.228 e. The van der Waals surface area contributed by atoms with Gasteiger partial charge in [-0.3, -0.25) is 9.78 Å². The van der Waals surface area contributed by atoms with Crippen LogP contribution in [-0.2, 0) is 17.8 Å². The molecular formula is C28H31N3O2. The van der Waals surface area contributed by atoms with E-state index in [4.69, 9.17) is 4.74 Å². The fourth-order valence-corrected chi connectivity index (χ4v) is 4.28. The zero-order valence-corrected chi connectivity index (χ0v) is 19.6. The molecule has 5 nitrogen and oxygen atoms in total. The molecule has 0 saturated carbocycles. The summed E-state index contributed by atoms with van der Waals surface area (Å²) in [6.07, 6.45) is 7.29. The van der Waals surface area contributed by atoms with Crippen LogP contribution in [0.4, 0.5) is 5.69 Å². The number of aromatic nitrogens is 2. The van der Waals surface area contributed by atoms with Gasteiger partial charge in [0.05, 0.1) is 12.6 Å². The van der Waals surface area contributed by atoms with Gasteiger partial charge in [-0.15, -0.1) is 0 Å². The van der Waals surface area contributed by atoms with Crippen molar-refractivity contribution in [3.63, 3.8) is 0 Å². The third kappa shape index (κ3) is 5.25. The van der Waals surface area contributed by atoms with Gasteiger partial charge in [-0.2, -0.15) is 0 Å². The molecule has 0 aliphatic carbocycles. The van der Waals surface area contributed by atoms with Crippen molar-refractivity contribution in [2.45, 2.75) is 53.0 Å². The van der Waals surface area contributed by atoms with Gasteiger partial charge in [0.2, 0.25) is 5.91 Å². The molecular weight excluding hydrogens is 410 g/mol. The molecule has 2 aromatic heterocycles. The number of nitrogens with zero attached hydrogens (tertiary/aromatic N) is 2. The van der Waals surface area contributed by atoms with Gasteiger partial charge in [-0.1, -0.05) is 38.0 Å². The topological polar surface area (TPSA) is 56.2 Å². The highest BCUT2D eigenvalue weighted by Gasteiger charge is 2.16. The number of fused-ring (bicyclic) bond motifs is 1. The molecule has 33 heavy (non-hydrogen) atoms. The monoisotopic (exact) mass is 441 g/mol. The third-order valence-electron chi connectivity index (χ3n) is 6.01. The lowest BCUT2D eigenvalue weighted by molar-refractivity contribution is -0.115. The van der Waals surface area contributed by atoms with Crippen LogP contribution < -0.4 is 10.1 Å². The van der Waals surface area contributed by atoms with Crippen LogP contribution in [0.2, 0.25) is 0 Å². The predicted molar refractivity (Wildman–Crippen MR) is 134 cm³/mol. The average molecular weight is 442 g/mol. The normalized spacial score (nSPS) is 11.0. The Morgan fingerprint density at radius 2 is 1.91 bits per heavy atom. The fraction of sp³-hybridized carbons (Fsp3) is 0.286. The molecule has 0 radical (unpaired) electrons. The molecule has 0 fully saturated rings. The van der Waals surface area contributed by atoms with E-state index in [0.29, 0.717) is 12.2 Å². The van der Waals surface area contributed by atoms with Gasteiger partial charge in [-0.25, -0.2) is 0 Å². The number of anilines is 1. The number of para-hydroxylation sites is 1. The summed E-state index contributed by atoms with van der Waals surface area (Å²) in [5.74, 6) is 1.41. The van der Waals surface area contributed by atoms with Gasteiger partial charge in [0.25, 0.3) is 0 Å². The lowest BCUT2D eigenvalue weighted by Gasteiger charge is -2.11. The standard InChI is InChI=1S/C28H31N3O2/c1-4-5-8-16-31-21(3)25(24-11-6-7-12-26(24)31)18-28(32)30-22-13-14-27(20(2)17-22)33-23-10-9-15-29-19-23/h6-7,9-15,17,19H,4-5,8,16,18H2,1-3H3,(H,30,32). The minimum Gasteiger partial charge on any atom is -0.455 e. The first kappa shape index (κ1) is 22.6. The van der Waals surface area contributed by atoms with Crippen molar-refractivity contribution in [3.05, 3.63) is 83.8 Å². The molecule has 0 saturated heterocycles. The van der Waals surface area contributed by atoms with Crippen LogP contribution in [0.5, 0.6) is 11.5 Å². The molecule has 1 N–H and O–H groups in total. The van der Waals surface area contributed by atoms with E-state index in [2.05, 4.69) is 46.9 Å². The summed E-state index contributed by atoms with van der Waals surface area (Å²) >= 11 is 0. The Balaban J connectivity index is 1.49. The zero-order valence-electron chi connectivity index (χ0n) is 19.6. The highest BCUT2D eigenvalue weighted by atomic mass is 16.5. The highest BCUT2D eigenvalue weighted by Crippen LogP contribution is 2.29. The largest absolute Gasteiger partial charge is 0.455 e. The van der Waals surface area contributed by atoms with Crippen molar-refractivity contribution in [2.24, 2.45) is 0 Å². The first-order valence-electron chi connectivity index (χ1n) is 11.6. The number of nitrogens with one attached hydrogen (secondary N) is 1. The second-order valence-electron chi connectivity index (χ2n) is 8.44. The van der Waals surface area contributed by atoms with Gasteiger partial charge in [0.15, 0.2) is 0 Å². The summed E-state index contributed by atoms with van der Waals surface area (Å²) in [5, 5.41) is 4.22. The molecule has 4 rings (SSSR count). The number of carbonyl (C=O) groups excluding carboxylic acids is 1. The molecule has 5 heteroatoms. The molecule has 2 aromatic carbocycles. The van der Waals surface area contributed by atoms with Crippen molar-refractivity contribution in [1.82, 2.24) is 9.55 Å². The molecule has 0 atom stereocenters. The number of aryl methyl sites for hydroxylation is 2. The molecule has 0 bridgehead atoms. The maximum absolute atomic E-state index is 13.0. The van der Waals surface area contributed by atoms with Gasteiger partial charge in [0.1, 0.15) is 11.5 Å². The van der Waals surface area contributed by atoms with Crippen molar-refractivity contribution in [3.8, 4) is 11.5 Å². The second-order valence-corrected chi connectivity index (χ2v) is 8.44. The lowest BCUT2D eigenvalue weighted by Crippen LogP contribution is -2.15. The average Bonchev–Trinajstić information content (AvgIpc) is 3.08. The van der Waals surface area contributed by atoms with Crippen LogP contribution in [-0.4, -0.2) is 15.5 Å². The molecule has 0 aliphatic heterocycles. The van der Waals surface area contributed by atoms with Crippen molar-refractivity contribution >= 4 is 22.5 Å². The Morgan fingerprint density at radius 3 is 2.67 bits per heavy atom. The fourth-order valence-electron chi connectivity index (χ4n) is 4.28. The molecule has 170 valence electrons. The third-order valence-corrected chi connectivity index (χ3v) is 6.01. The van der Waals surface area contributed by atoms with Gasteiger partial charge >= 0.3 is 0 Å². The molecule has 0 aliphatic rings. The molecule has 0 unspecified atom stereocenters. The van der Waals surface area contributed by atoms with E-state index in [1.54, 1.807) is 12.4 Å². The minimum atomic E-state index is -0.0186. The Labute approximate surface area is 195 Å². The molecule has 4 aromatic rings. The zero-order chi connectivity index (χ0) is 23.2. The summed E-state index contributed by atoms with van der Waals surface area (Å²) < 4.78 is 8.26. The van der Waals surface area contributed by atoms with Crippen molar-refractivity contribution < 1.29 is 9.53 Å². The highest BCUT2D eigenvalue weighted by molar-refractivity contribution is 5.96. The van der Waals surface area contributed by atoms with E-state index in [-0.39, 0.29) is 5.91 Å². The van der Waals surface area contributed by atoms with Crippen LogP contribution in [0.15, 0.2) is 67.0 Å². The Morgan fingerprint density at radius 1 is 1.06 bits per heavy atom. The number of pyridine rings is 1. The first-order valence-corrected chi connectivity index (χ1v) is 11.6. The van der Waals surface area contributed by atoms with Crippen LogP contribution in [0.3, 0.4) is 0 Å². The van der Waals surface area contributed by atoms with Crippen LogP contribution in [0.25, 0.3) is 10.9 Å². The quantitative estimate of drug-likeness (QED) is 0.290. The summed E-state index contributed by atoms with van der Waals surface area (Å²) in [6.45, 7) is 7.30. The molecule has 2 heterocycles. The maximum atomic E-state index is 13.0. The van der Waals surface area contributed by atoms with E-state index in [0.717, 1.165) is 40.9 Å². The summed E-state index contributed by atoms with van der Waals surface area (Å²) in [7, 11) is 0. The number of benzene rings is 2. The van der Waals surface area contributed by atoms with E-state index in [9.17, 15) is 4.79 Å². The van der Waals surface area contributed by atoms with Crippen molar-refractivity contribution in [1.29, 1.82) is 0 Å². The number of rotatable bonds is 9. The van der Waals surface area contributed by atoms with Crippen LogP contribution >= 0.6 is 0 Å². The summed E-state index contributed by atoms with van der Waals surface area (Å²) in [6, 6.07) is 17.8. The number of hydrogen-bond acceptors (Lipinski definition) is 3. The van der Waals surface area contributed by atoms with E-state index < -0.39 is 0 Å². The Kier molecular flexibility index (Phi) is 7.08. The van der Waals surface area contributed by atoms with Gasteiger partial charge in [-0.05, 0) is 67.8 Å². The number of hydrogen-bond donors (Lipinski definition) is 1. The second kappa shape index (κ2) is 10.3. The predicted octanol–water partition coefficient (Wildman–Crippen LogP) is 6.82. The van der Waals surface area contributed by atoms with E-state index >= 15 is 0 Å². The summed E-state index contributed by atoms with van der Waals surface area (Å²) in [4.78, 5) is 17.0. The SMILES string of the molecule is CCCCCn1c(C)c(CC(=O)Nc2ccc(Oc3cccnc3)c(C)c2)c2ccccc21. The van der Waals surface area contributed by atoms with Crippen molar-refractivity contribution in [2.75, 3.05) is 5.32 Å². The van der Waals surface area contributed by atoms with E-state index in [1.165, 1.54) is 24.1 Å². The summed E-state index contributed by atoms with van der Waals surface area (Å²) in [5.41, 5.74) is 5.20. The molecule has 0 spiro atoms. The maximum Gasteiger partial charge on any atom is 0.228 e. The van der Waals surface area contributed by atoms with Gasteiger partial charge in [0, 0.05) is 35.0 Å². The number of unbranched alkanes of at least 4 members (excludes halogenated alkanes) is 2. The number of carbonyl (C=O) groups is 1. The lowest BCUT2D eigenvalue weighted by atomic mass is 10.1. The van der Waals surface area contributed by atoms with Gasteiger partial charge < -0.3 is 14.6 Å². The Hall–Kier alpha value is -3.60. The number of amides is 1. The van der Waals surface area contributed by atoms with E-state index in [1.807, 2.05) is 43.3 Å². The van der Waals surface area contributed by atoms with Crippen LogP contribution in [0, 0.1) is 13.8 Å². The molecule has 1 amide bonds. The minimum absolute atomic E-state index is 0.0186. The Bertz CT molecular complexity index is 1240. The number of ether oxygens (including phenoxy) is 1.